The van der Waals surface area contributed by atoms with Gasteiger partial charge < -0.3 is 5.32 Å². The minimum Gasteiger partial charge on any atom is -0.311 e. The first-order valence-corrected chi connectivity index (χ1v) is 8.25. The average molecular weight is 266 g/mol. The Bertz CT molecular complexity index is 304. The highest BCUT2D eigenvalue weighted by molar-refractivity contribution is 7.09. The van der Waals surface area contributed by atoms with Gasteiger partial charge in [0.25, 0.3) is 0 Å². The van der Waals surface area contributed by atoms with Crippen LogP contribution >= 0.6 is 11.3 Å². The van der Waals surface area contributed by atoms with E-state index in [2.05, 4.69) is 34.7 Å². The molecule has 1 fully saturated rings. The molecule has 0 bridgehead atoms. The molecule has 18 heavy (non-hydrogen) atoms. The normalized spacial score (nSPS) is 17.4. The number of nitrogens with zero attached hydrogens (tertiary/aromatic N) is 1. The van der Waals surface area contributed by atoms with E-state index in [1.807, 2.05) is 11.3 Å². The largest absolute Gasteiger partial charge is 0.311 e. The molecule has 102 valence electrons. The molecule has 0 unspecified atom stereocenters. The number of hydrogen-bond acceptors (Lipinski definition) is 3. The molecule has 1 aliphatic rings. The van der Waals surface area contributed by atoms with Crippen molar-refractivity contribution >= 4 is 11.3 Å². The van der Waals surface area contributed by atoms with Crippen molar-refractivity contribution in [1.29, 1.82) is 0 Å². The standard InChI is InChI=1S/C15H26N2S/c1-2-17(14-7-4-3-5-8-14)11-10-16-13-15-9-6-12-18-15/h6,9,12,14,16H,2-5,7-8,10-11,13H2,1H3. The highest BCUT2D eigenvalue weighted by atomic mass is 32.1. The summed E-state index contributed by atoms with van der Waals surface area (Å²) in [6, 6.07) is 5.19. The second-order valence-corrected chi connectivity index (χ2v) is 6.21. The van der Waals surface area contributed by atoms with E-state index in [-0.39, 0.29) is 0 Å². The Labute approximate surface area is 115 Å². The minimum atomic E-state index is 0.854. The van der Waals surface area contributed by atoms with Crippen molar-refractivity contribution in [2.75, 3.05) is 19.6 Å². The summed E-state index contributed by atoms with van der Waals surface area (Å²) < 4.78 is 0. The first-order chi connectivity index (χ1) is 8.90. The van der Waals surface area contributed by atoms with Gasteiger partial charge in [0.15, 0.2) is 0 Å². The SMILES string of the molecule is CCN(CCNCc1cccs1)C1CCCCC1. The summed E-state index contributed by atoms with van der Waals surface area (Å²) in [6.45, 7) is 6.84. The zero-order valence-electron chi connectivity index (χ0n) is 11.5. The lowest BCUT2D eigenvalue weighted by atomic mass is 9.94. The van der Waals surface area contributed by atoms with E-state index in [9.17, 15) is 0 Å². The van der Waals surface area contributed by atoms with Gasteiger partial charge in [-0.15, -0.1) is 11.3 Å². The molecule has 1 N–H and O–H groups in total. The highest BCUT2D eigenvalue weighted by Crippen LogP contribution is 2.22. The van der Waals surface area contributed by atoms with Crippen molar-refractivity contribution in [3.8, 4) is 0 Å². The molecule has 0 aromatic carbocycles. The van der Waals surface area contributed by atoms with Gasteiger partial charge in [0.1, 0.15) is 0 Å². The fourth-order valence-electron chi connectivity index (χ4n) is 2.89. The molecule has 3 heteroatoms. The molecular weight excluding hydrogens is 240 g/mol. The molecule has 0 radical (unpaired) electrons. The van der Waals surface area contributed by atoms with Gasteiger partial charge in [0.05, 0.1) is 0 Å². The number of likely N-dealkylation sites (N-methyl/N-ethyl adjacent to an activating group) is 1. The van der Waals surface area contributed by atoms with Crippen LogP contribution in [0.15, 0.2) is 17.5 Å². The first kappa shape index (κ1) is 14.0. The molecule has 0 amide bonds. The van der Waals surface area contributed by atoms with Gasteiger partial charge in [-0.1, -0.05) is 32.3 Å². The van der Waals surface area contributed by atoms with Crippen molar-refractivity contribution in [2.24, 2.45) is 0 Å². The Balaban J connectivity index is 1.63. The summed E-state index contributed by atoms with van der Waals surface area (Å²) in [7, 11) is 0. The maximum Gasteiger partial charge on any atom is 0.0300 e. The predicted octanol–water partition coefficient (Wildman–Crippen LogP) is 3.49. The van der Waals surface area contributed by atoms with Gasteiger partial charge in [0.2, 0.25) is 0 Å². The second-order valence-electron chi connectivity index (χ2n) is 5.18. The van der Waals surface area contributed by atoms with Gasteiger partial charge in [0, 0.05) is 30.6 Å². The predicted molar refractivity (Wildman–Crippen MR) is 80.1 cm³/mol. The van der Waals surface area contributed by atoms with Crippen molar-refractivity contribution in [3.05, 3.63) is 22.4 Å². The van der Waals surface area contributed by atoms with Gasteiger partial charge >= 0.3 is 0 Å². The summed E-state index contributed by atoms with van der Waals surface area (Å²) in [6.07, 6.45) is 7.15. The van der Waals surface area contributed by atoms with Crippen molar-refractivity contribution < 1.29 is 0 Å². The summed E-state index contributed by atoms with van der Waals surface area (Å²) >= 11 is 1.84. The van der Waals surface area contributed by atoms with Crippen LogP contribution in [0.25, 0.3) is 0 Å². The lowest BCUT2D eigenvalue weighted by molar-refractivity contribution is 0.164. The molecule has 0 saturated heterocycles. The minimum absolute atomic E-state index is 0.854. The topological polar surface area (TPSA) is 15.3 Å². The van der Waals surface area contributed by atoms with Crippen LogP contribution in [0.4, 0.5) is 0 Å². The third-order valence-electron chi connectivity index (χ3n) is 3.95. The monoisotopic (exact) mass is 266 g/mol. The van der Waals surface area contributed by atoms with Gasteiger partial charge in [-0.2, -0.15) is 0 Å². The Hall–Kier alpha value is -0.380. The molecule has 0 aliphatic heterocycles. The van der Waals surface area contributed by atoms with Crippen LogP contribution < -0.4 is 5.32 Å². The van der Waals surface area contributed by atoms with Crippen LogP contribution in [0.3, 0.4) is 0 Å². The van der Waals surface area contributed by atoms with Crippen LogP contribution in [0.5, 0.6) is 0 Å². The van der Waals surface area contributed by atoms with Crippen LogP contribution in [0, 0.1) is 0 Å². The summed E-state index contributed by atoms with van der Waals surface area (Å²) in [4.78, 5) is 4.11. The maximum absolute atomic E-state index is 3.56. The van der Waals surface area contributed by atoms with Crippen molar-refractivity contribution in [3.63, 3.8) is 0 Å². The molecule has 0 atom stereocenters. The quantitative estimate of drug-likeness (QED) is 0.760. The van der Waals surface area contributed by atoms with Gasteiger partial charge in [-0.3, -0.25) is 4.90 Å². The molecule has 2 nitrogen and oxygen atoms in total. The Kier molecular flexibility index (Phi) is 6.18. The second kappa shape index (κ2) is 7.93. The molecule has 1 heterocycles. The highest BCUT2D eigenvalue weighted by Gasteiger charge is 2.18. The van der Waals surface area contributed by atoms with Crippen LogP contribution in [-0.4, -0.2) is 30.6 Å². The van der Waals surface area contributed by atoms with Crippen molar-refractivity contribution in [2.45, 2.75) is 51.6 Å². The summed E-state index contributed by atoms with van der Waals surface area (Å²) in [5.74, 6) is 0. The molecule has 2 rings (SSSR count). The maximum atomic E-state index is 3.56. The number of rotatable bonds is 7. The Morgan fingerprint density at radius 1 is 1.33 bits per heavy atom. The Morgan fingerprint density at radius 2 is 2.17 bits per heavy atom. The van der Waals surface area contributed by atoms with E-state index in [0.717, 1.165) is 19.1 Å². The van der Waals surface area contributed by atoms with Crippen LogP contribution in [0.2, 0.25) is 0 Å². The first-order valence-electron chi connectivity index (χ1n) is 7.37. The number of thiophene rings is 1. The van der Waals surface area contributed by atoms with Crippen LogP contribution in [0.1, 0.15) is 43.9 Å². The van der Waals surface area contributed by atoms with E-state index in [1.54, 1.807) is 0 Å². The van der Waals surface area contributed by atoms with E-state index in [4.69, 9.17) is 0 Å². The number of nitrogens with one attached hydrogen (secondary N) is 1. The third-order valence-corrected chi connectivity index (χ3v) is 4.83. The number of hydrogen-bond donors (Lipinski definition) is 1. The van der Waals surface area contributed by atoms with Gasteiger partial charge in [-0.25, -0.2) is 0 Å². The molecule has 0 spiro atoms. The molecule has 1 aromatic heterocycles. The smallest absolute Gasteiger partial charge is 0.0300 e. The average Bonchev–Trinajstić information content (AvgIpc) is 2.93. The van der Waals surface area contributed by atoms with E-state index < -0.39 is 0 Å². The van der Waals surface area contributed by atoms with E-state index >= 15 is 0 Å². The third kappa shape index (κ3) is 4.38. The molecule has 1 aromatic rings. The van der Waals surface area contributed by atoms with Crippen LogP contribution in [-0.2, 0) is 6.54 Å². The fourth-order valence-corrected chi connectivity index (χ4v) is 3.57. The lowest BCUT2D eigenvalue weighted by Crippen LogP contribution is -2.40. The zero-order valence-corrected chi connectivity index (χ0v) is 12.3. The summed E-state index contributed by atoms with van der Waals surface area (Å²) in [5.41, 5.74) is 0. The zero-order chi connectivity index (χ0) is 12.6. The van der Waals surface area contributed by atoms with E-state index in [1.165, 1.54) is 50.1 Å². The van der Waals surface area contributed by atoms with Gasteiger partial charge in [-0.05, 0) is 30.8 Å². The fraction of sp³-hybridized carbons (Fsp3) is 0.733. The molecular formula is C15H26N2S. The summed E-state index contributed by atoms with van der Waals surface area (Å²) in [5, 5.41) is 5.71. The lowest BCUT2D eigenvalue weighted by Gasteiger charge is -2.33. The Morgan fingerprint density at radius 3 is 2.83 bits per heavy atom. The van der Waals surface area contributed by atoms with E-state index in [0.29, 0.717) is 0 Å². The molecule has 1 saturated carbocycles. The van der Waals surface area contributed by atoms with Crippen molar-refractivity contribution in [1.82, 2.24) is 10.2 Å². The molecule has 1 aliphatic carbocycles.